The Morgan fingerprint density at radius 2 is 1.84 bits per heavy atom. The lowest BCUT2D eigenvalue weighted by Gasteiger charge is -2.07. The van der Waals surface area contributed by atoms with Gasteiger partial charge in [0, 0.05) is 22.2 Å². The molecule has 3 rings (SSSR count). The van der Waals surface area contributed by atoms with Crippen molar-refractivity contribution in [2.45, 2.75) is 6.18 Å². The van der Waals surface area contributed by atoms with E-state index in [1.165, 1.54) is 11.3 Å². The Hall–Kier alpha value is -2.87. The maximum Gasteiger partial charge on any atom is 0.416 e. The number of nitrogens with one attached hydrogen (secondary N) is 1. The molecular formula is C17H12F3N3OS. The number of nitrogens with zero attached hydrogens (tertiary/aromatic N) is 1. The lowest BCUT2D eigenvalue weighted by Crippen LogP contribution is -2.12. The molecule has 0 spiro atoms. The highest BCUT2D eigenvalue weighted by atomic mass is 32.1. The number of hydrogen-bond donors (Lipinski definition) is 2. The third kappa shape index (κ3) is 3.97. The summed E-state index contributed by atoms with van der Waals surface area (Å²) in [4.78, 5) is 16.4. The summed E-state index contributed by atoms with van der Waals surface area (Å²) in [5.74, 6) is -0.526. The van der Waals surface area contributed by atoms with Crippen LogP contribution in [0.5, 0.6) is 0 Å². The van der Waals surface area contributed by atoms with Gasteiger partial charge in [-0.15, -0.1) is 11.3 Å². The summed E-state index contributed by atoms with van der Waals surface area (Å²) in [7, 11) is 0. The number of anilines is 2. The number of alkyl halides is 3. The molecule has 128 valence electrons. The van der Waals surface area contributed by atoms with Gasteiger partial charge in [-0.2, -0.15) is 13.2 Å². The molecule has 0 aliphatic heterocycles. The number of rotatable bonds is 3. The van der Waals surface area contributed by atoms with Crippen molar-refractivity contribution in [1.82, 2.24) is 4.98 Å². The molecule has 0 saturated carbocycles. The Balaban J connectivity index is 1.73. The van der Waals surface area contributed by atoms with Gasteiger partial charge in [0.05, 0.1) is 11.3 Å². The fourth-order valence-corrected chi connectivity index (χ4v) is 2.86. The van der Waals surface area contributed by atoms with Crippen LogP contribution in [0.4, 0.5) is 24.0 Å². The van der Waals surface area contributed by atoms with E-state index in [2.05, 4.69) is 10.3 Å². The number of amides is 1. The summed E-state index contributed by atoms with van der Waals surface area (Å²) in [6, 6.07) is 11.1. The van der Waals surface area contributed by atoms with E-state index in [0.29, 0.717) is 16.5 Å². The van der Waals surface area contributed by atoms with Gasteiger partial charge < -0.3 is 5.73 Å². The van der Waals surface area contributed by atoms with Gasteiger partial charge in [-0.1, -0.05) is 12.1 Å². The molecule has 3 aromatic rings. The minimum Gasteiger partial charge on any atom is -0.399 e. The van der Waals surface area contributed by atoms with E-state index in [1.807, 2.05) is 6.07 Å². The fourth-order valence-electron chi connectivity index (χ4n) is 2.14. The third-order valence-electron chi connectivity index (χ3n) is 3.38. The second kappa shape index (κ2) is 6.56. The summed E-state index contributed by atoms with van der Waals surface area (Å²) in [5.41, 5.74) is 7.11. The van der Waals surface area contributed by atoms with Crippen LogP contribution in [0, 0.1) is 0 Å². The molecule has 0 radical (unpaired) electrons. The average molecular weight is 363 g/mol. The number of nitrogen functional groups attached to an aromatic ring is 1. The molecule has 1 amide bonds. The van der Waals surface area contributed by atoms with Crippen molar-refractivity contribution in [2.75, 3.05) is 11.1 Å². The molecular weight excluding hydrogens is 351 g/mol. The van der Waals surface area contributed by atoms with Crippen LogP contribution >= 0.6 is 11.3 Å². The molecule has 0 atom stereocenters. The van der Waals surface area contributed by atoms with Crippen molar-refractivity contribution in [3.05, 3.63) is 65.0 Å². The van der Waals surface area contributed by atoms with Crippen LogP contribution in [0.1, 0.15) is 15.9 Å². The topological polar surface area (TPSA) is 68.0 Å². The van der Waals surface area contributed by atoms with Gasteiger partial charge in [-0.25, -0.2) is 4.98 Å². The molecule has 0 bridgehead atoms. The summed E-state index contributed by atoms with van der Waals surface area (Å²) in [5, 5.41) is 4.69. The largest absolute Gasteiger partial charge is 0.416 e. The van der Waals surface area contributed by atoms with E-state index in [-0.39, 0.29) is 5.56 Å². The fraction of sp³-hybridized carbons (Fsp3) is 0.0588. The van der Waals surface area contributed by atoms with Crippen LogP contribution in [0.3, 0.4) is 0 Å². The molecule has 1 aromatic heterocycles. The minimum absolute atomic E-state index is 0.119. The maximum atomic E-state index is 12.5. The Labute approximate surface area is 145 Å². The van der Waals surface area contributed by atoms with Crippen LogP contribution in [0.15, 0.2) is 53.9 Å². The van der Waals surface area contributed by atoms with Gasteiger partial charge in [-0.3, -0.25) is 10.1 Å². The van der Waals surface area contributed by atoms with E-state index in [4.69, 9.17) is 5.73 Å². The SMILES string of the molecule is Nc1cccc(-c2csc(NC(=O)c3ccc(C(F)(F)F)cc3)n2)c1. The highest BCUT2D eigenvalue weighted by Gasteiger charge is 2.30. The van der Waals surface area contributed by atoms with Crippen molar-refractivity contribution in [3.63, 3.8) is 0 Å². The maximum absolute atomic E-state index is 12.5. The van der Waals surface area contributed by atoms with E-state index in [1.54, 1.807) is 23.6 Å². The van der Waals surface area contributed by atoms with E-state index < -0.39 is 17.6 Å². The first-order valence-corrected chi connectivity index (χ1v) is 8.01. The minimum atomic E-state index is -4.43. The second-order valence-electron chi connectivity index (χ2n) is 5.19. The van der Waals surface area contributed by atoms with Crippen molar-refractivity contribution in [3.8, 4) is 11.3 Å². The average Bonchev–Trinajstić information content (AvgIpc) is 3.03. The number of carbonyl (C=O) groups excluding carboxylic acids is 1. The smallest absolute Gasteiger partial charge is 0.399 e. The lowest BCUT2D eigenvalue weighted by atomic mass is 10.1. The molecule has 1 heterocycles. The Morgan fingerprint density at radius 1 is 1.12 bits per heavy atom. The van der Waals surface area contributed by atoms with Gasteiger partial charge in [-0.05, 0) is 36.4 Å². The summed E-state index contributed by atoms with van der Waals surface area (Å²) < 4.78 is 37.6. The molecule has 0 saturated heterocycles. The quantitative estimate of drug-likeness (QED) is 0.665. The van der Waals surface area contributed by atoms with Crippen LogP contribution in [-0.4, -0.2) is 10.9 Å². The zero-order chi connectivity index (χ0) is 18.0. The number of carbonyl (C=O) groups is 1. The summed E-state index contributed by atoms with van der Waals surface area (Å²) in [6.07, 6.45) is -4.43. The van der Waals surface area contributed by atoms with E-state index >= 15 is 0 Å². The molecule has 0 aliphatic carbocycles. The normalized spacial score (nSPS) is 11.3. The first kappa shape index (κ1) is 17.0. The van der Waals surface area contributed by atoms with Crippen LogP contribution in [0.25, 0.3) is 11.3 Å². The van der Waals surface area contributed by atoms with Gasteiger partial charge in [0.15, 0.2) is 5.13 Å². The zero-order valence-electron chi connectivity index (χ0n) is 12.7. The monoisotopic (exact) mass is 363 g/mol. The van der Waals surface area contributed by atoms with Crippen LogP contribution < -0.4 is 11.1 Å². The predicted molar refractivity (Wildman–Crippen MR) is 91.4 cm³/mol. The van der Waals surface area contributed by atoms with Crippen LogP contribution in [-0.2, 0) is 6.18 Å². The zero-order valence-corrected chi connectivity index (χ0v) is 13.5. The number of benzene rings is 2. The van der Waals surface area contributed by atoms with Gasteiger partial charge >= 0.3 is 6.18 Å². The lowest BCUT2D eigenvalue weighted by molar-refractivity contribution is -0.137. The number of aromatic nitrogens is 1. The van der Waals surface area contributed by atoms with Crippen molar-refractivity contribution in [1.29, 1.82) is 0 Å². The highest BCUT2D eigenvalue weighted by Crippen LogP contribution is 2.29. The standard InChI is InChI=1S/C17H12F3N3OS/c18-17(19,20)12-6-4-10(5-7-12)15(24)23-16-22-14(9-25-16)11-2-1-3-13(21)8-11/h1-9H,21H2,(H,22,23,24). The van der Waals surface area contributed by atoms with Crippen molar-refractivity contribution >= 4 is 28.1 Å². The van der Waals surface area contributed by atoms with Gasteiger partial charge in [0.25, 0.3) is 5.91 Å². The molecule has 0 aliphatic rings. The first-order valence-electron chi connectivity index (χ1n) is 7.13. The predicted octanol–water partition coefficient (Wildman–Crippen LogP) is 4.66. The first-order chi connectivity index (χ1) is 11.8. The van der Waals surface area contributed by atoms with Gasteiger partial charge in [0.2, 0.25) is 0 Å². The second-order valence-corrected chi connectivity index (χ2v) is 6.05. The van der Waals surface area contributed by atoms with Crippen LogP contribution in [0.2, 0.25) is 0 Å². The number of hydrogen-bond acceptors (Lipinski definition) is 4. The molecule has 8 heteroatoms. The Kier molecular flexibility index (Phi) is 4.45. The molecule has 3 N–H and O–H groups in total. The number of thiazole rings is 1. The number of halogens is 3. The van der Waals surface area contributed by atoms with Crippen molar-refractivity contribution in [2.24, 2.45) is 0 Å². The summed E-state index contributed by atoms with van der Waals surface area (Å²) >= 11 is 1.22. The van der Waals surface area contributed by atoms with E-state index in [9.17, 15) is 18.0 Å². The molecule has 0 fully saturated rings. The Morgan fingerprint density at radius 3 is 2.48 bits per heavy atom. The molecule has 0 unspecified atom stereocenters. The highest BCUT2D eigenvalue weighted by molar-refractivity contribution is 7.14. The molecule has 2 aromatic carbocycles. The third-order valence-corrected chi connectivity index (χ3v) is 4.14. The van der Waals surface area contributed by atoms with E-state index in [0.717, 1.165) is 29.8 Å². The Bertz CT molecular complexity index is 904. The van der Waals surface area contributed by atoms with Crippen molar-refractivity contribution < 1.29 is 18.0 Å². The van der Waals surface area contributed by atoms with Gasteiger partial charge in [0.1, 0.15) is 0 Å². The number of nitrogens with two attached hydrogens (primary N) is 1. The molecule has 25 heavy (non-hydrogen) atoms. The molecule has 4 nitrogen and oxygen atoms in total. The summed E-state index contributed by atoms with van der Waals surface area (Å²) in [6.45, 7) is 0.